The van der Waals surface area contributed by atoms with Gasteiger partial charge >= 0.3 is 18.0 Å². The first kappa shape index (κ1) is 16.3. The van der Waals surface area contributed by atoms with Gasteiger partial charge in [0.25, 0.3) is 0 Å². The Morgan fingerprint density at radius 3 is 2.29 bits per heavy atom. The van der Waals surface area contributed by atoms with E-state index in [0.29, 0.717) is 6.42 Å². The number of hydrogen-bond donors (Lipinski definition) is 4. The fraction of sp³-hybridized carbons (Fsp3) is 0.308. The summed E-state index contributed by atoms with van der Waals surface area (Å²) in [5, 5.41) is 28.3. The topological polar surface area (TPSA) is 133 Å². The van der Waals surface area contributed by atoms with Crippen LogP contribution in [-0.2, 0) is 20.7 Å². The van der Waals surface area contributed by atoms with Gasteiger partial charge in [-0.05, 0) is 17.7 Å². The molecular weight excluding hydrogens is 282 g/mol. The lowest BCUT2D eigenvalue weighted by Crippen LogP contribution is -2.42. The van der Waals surface area contributed by atoms with Crippen LogP contribution in [0.25, 0.3) is 0 Å². The number of nitrogens with one attached hydrogen (secondary N) is 1. The fourth-order valence-corrected chi connectivity index (χ4v) is 1.48. The molecule has 8 nitrogen and oxygen atoms in total. The number of carbonyl (C=O) groups excluding carboxylic acids is 1. The van der Waals surface area contributed by atoms with Crippen molar-refractivity contribution in [3.05, 3.63) is 29.8 Å². The van der Waals surface area contributed by atoms with Gasteiger partial charge in [0.2, 0.25) is 0 Å². The summed E-state index contributed by atoms with van der Waals surface area (Å²) in [5.74, 6) is -2.67. The van der Waals surface area contributed by atoms with Crippen LogP contribution in [-0.4, -0.2) is 46.0 Å². The van der Waals surface area contributed by atoms with Crippen molar-refractivity contribution < 1.29 is 34.4 Å². The van der Waals surface area contributed by atoms with Gasteiger partial charge in [0.15, 0.2) is 0 Å². The lowest BCUT2D eigenvalue weighted by atomic mass is 10.1. The molecule has 1 rings (SSSR count). The van der Waals surface area contributed by atoms with Crippen molar-refractivity contribution >= 4 is 18.0 Å². The zero-order valence-corrected chi connectivity index (χ0v) is 11.0. The third-order valence-corrected chi connectivity index (χ3v) is 2.53. The first-order chi connectivity index (χ1) is 9.88. The summed E-state index contributed by atoms with van der Waals surface area (Å²) >= 11 is 0. The van der Waals surface area contributed by atoms with Gasteiger partial charge in [-0.25, -0.2) is 9.59 Å². The number of benzene rings is 1. The van der Waals surface area contributed by atoms with Gasteiger partial charge in [0, 0.05) is 6.42 Å². The molecule has 0 aromatic heterocycles. The molecule has 0 aliphatic heterocycles. The minimum atomic E-state index is -1.54. The van der Waals surface area contributed by atoms with E-state index in [1.807, 2.05) is 5.32 Å². The Bertz CT molecular complexity index is 512. The second kappa shape index (κ2) is 7.73. The molecule has 0 spiro atoms. The average molecular weight is 297 g/mol. The van der Waals surface area contributed by atoms with Crippen molar-refractivity contribution in [2.24, 2.45) is 0 Å². The van der Waals surface area contributed by atoms with Crippen molar-refractivity contribution in [2.45, 2.75) is 18.9 Å². The van der Waals surface area contributed by atoms with Gasteiger partial charge in [-0.1, -0.05) is 12.1 Å². The first-order valence-electron chi connectivity index (χ1n) is 6.04. The highest BCUT2D eigenvalue weighted by molar-refractivity contribution is 5.84. The van der Waals surface area contributed by atoms with E-state index in [2.05, 4.69) is 0 Å². The fourth-order valence-electron chi connectivity index (χ4n) is 1.48. The molecule has 0 bridgehead atoms. The number of phenolic OH excluding ortho intramolecular Hbond substituents is 1. The number of aliphatic carboxylic acids is 2. The third kappa shape index (κ3) is 6.28. The molecule has 1 amide bonds. The van der Waals surface area contributed by atoms with Crippen molar-refractivity contribution in [3.63, 3.8) is 0 Å². The molecule has 0 aliphatic rings. The van der Waals surface area contributed by atoms with Crippen LogP contribution in [0.3, 0.4) is 0 Å². The quantitative estimate of drug-likeness (QED) is 0.578. The minimum absolute atomic E-state index is 0.00395. The lowest BCUT2D eigenvalue weighted by molar-refractivity contribution is -0.145. The van der Waals surface area contributed by atoms with Gasteiger partial charge in [-0.2, -0.15) is 0 Å². The summed E-state index contributed by atoms with van der Waals surface area (Å²) in [6, 6.07) is 4.75. The molecule has 0 saturated carbocycles. The highest BCUT2D eigenvalue weighted by Crippen LogP contribution is 2.10. The van der Waals surface area contributed by atoms with Crippen LogP contribution in [0.5, 0.6) is 5.75 Å². The Hall–Kier alpha value is -2.77. The van der Waals surface area contributed by atoms with Gasteiger partial charge in [-0.15, -0.1) is 0 Å². The number of rotatable bonds is 7. The monoisotopic (exact) mass is 297 g/mol. The smallest absolute Gasteiger partial charge is 0.407 e. The van der Waals surface area contributed by atoms with E-state index in [1.165, 1.54) is 12.1 Å². The second-order valence-electron chi connectivity index (χ2n) is 4.19. The Balaban J connectivity index is 2.37. The van der Waals surface area contributed by atoms with E-state index in [4.69, 9.17) is 20.1 Å². The first-order valence-corrected chi connectivity index (χ1v) is 6.04. The molecule has 0 heterocycles. The normalized spacial score (nSPS) is 11.4. The summed E-state index contributed by atoms with van der Waals surface area (Å²) < 4.78 is 4.77. The van der Waals surface area contributed by atoms with Crippen LogP contribution < -0.4 is 5.32 Å². The lowest BCUT2D eigenvalue weighted by Gasteiger charge is -2.12. The number of aromatic hydroxyl groups is 1. The van der Waals surface area contributed by atoms with Crippen molar-refractivity contribution in [3.8, 4) is 5.75 Å². The molecule has 0 radical (unpaired) electrons. The summed E-state index contributed by atoms with van der Waals surface area (Å²) in [6.07, 6.45) is -1.35. The van der Waals surface area contributed by atoms with E-state index in [0.717, 1.165) is 5.56 Å². The number of carbonyl (C=O) groups is 3. The van der Waals surface area contributed by atoms with Gasteiger partial charge in [0.05, 0.1) is 13.0 Å². The number of ether oxygens (including phenoxy) is 1. The van der Waals surface area contributed by atoms with Crippen LogP contribution in [0, 0.1) is 0 Å². The Kier molecular flexibility index (Phi) is 5.99. The maximum atomic E-state index is 11.4. The molecule has 8 heteroatoms. The molecule has 1 unspecified atom stereocenters. The molecule has 0 aliphatic carbocycles. The van der Waals surface area contributed by atoms with E-state index >= 15 is 0 Å². The molecule has 1 aromatic rings. The maximum absolute atomic E-state index is 11.4. The van der Waals surface area contributed by atoms with E-state index < -0.39 is 30.5 Å². The number of phenols is 1. The van der Waals surface area contributed by atoms with Gasteiger partial charge < -0.3 is 25.4 Å². The number of carboxylic acid groups (broad SMARTS) is 2. The Morgan fingerprint density at radius 1 is 1.14 bits per heavy atom. The number of carboxylic acids is 2. The van der Waals surface area contributed by atoms with Crippen LogP contribution in [0.1, 0.15) is 12.0 Å². The zero-order chi connectivity index (χ0) is 15.8. The second-order valence-corrected chi connectivity index (χ2v) is 4.19. The van der Waals surface area contributed by atoms with E-state index in [1.54, 1.807) is 12.1 Å². The highest BCUT2D eigenvalue weighted by Gasteiger charge is 2.23. The molecule has 1 aromatic carbocycles. The summed E-state index contributed by atoms with van der Waals surface area (Å²) in [6.45, 7) is -0.00395. The van der Waals surface area contributed by atoms with Crippen LogP contribution in [0.4, 0.5) is 4.79 Å². The van der Waals surface area contributed by atoms with E-state index in [-0.39, 0.29) is 12.4 Å². The van der Waals surface area contributed by atoms with Crippen molar-refractivity contribution in [2.75, 3.05) is 6.61 Å². The minimum Gasteiger partial charge on any atom is -0.508 e. The molecule has 21 heavy (non-hydrogen) atoms. The van der Waals surface area contributed by atoms with E-state index in [9.17, 15) is 14.4 Å². The van der Waals surface area contributed by atoms with Crippen molar-refractivity contribution in [1.29, 1.82) is 0 Å². The summed E-state index contributed by atoms with van der Waals surface area (Å²) in [7, 11) is 0. The van der Waals surface area contributed by atoms with Crippen LogP contribution >= 0.6 is 0 Å². The maximum Gasteiger partial charge on any atom is 0.407 e. The number of hydrogen-bond acceptors (Lipinski definition) is 5. The molecule has 0 fully saturated rings. The Morgan fingerprint density at radius 2 is 1.76 bits per heavy atom. The molecule has 0 saturated heterocycles. The molecular formula is C13H15NO7. The highest BCUT2D eigenvalue weighted by atomic mass is 16.5. The summed E-state index contributed by atoms with van der Waals surface area (Å²) in [5.41, 5.74) is 0.820. The van der Waals surface area contributed by atoms with Crippen molar-refractivity contribution in [1.82, 2.24) is 5.32 Å². The predicted octanol–water partition coefficient (Wildman–Crippen LogP) is 0.589. The molecule has 1 atom stereocenters. The average Bonchev–Trinajstić information content (AvgIpc) is 2.39. The molecule has 114 valence electrons. The van der Waals surface area contributed by atoms with Gasteiger partial charge in [0.1, 0.15) is 11.8 Å². The zero-order valence-electron chi connectivity index (χ0n) is 11.0. The number of amides is 1. The van der Waals surface area contributed by atoms with Crippen LogP contribution in [0.15, 0.2) is 24.3 Å². The van der Waals surface area contributed by atoms with Crippen LogP contribution in [0.2, 0.25) is 0 Å². The Labute approximate surface area is 120 Å². The third-order valence-electron chi connectivity index (χ3n) is 2.53. The molecule has 4 N–H and O–H groups in total. The predicted molar refractivity (Wildman–Crippen MR) is 70.0 cm³/mol. The summed E-state index contributed by atoms with van der Waals surface area (Å²) in [4.78, 5) is 32.5. The number of alkyl carbamates (subject to hydrolysis) is 1. The largest absolute Gasteiger partial charge is 0.508 e. The standard InChI is InChI=1S/C13H15NO7/c15-9-3-1-8(2-4-9)5-6-21-13(20)14-10(12(18)19)7-11(16)17/h1-4,10,15H,5-7H2,(H,14,20)(H,16,17)(H,18,19). The SMILES string of the molecule is O=C(O)CC(NC(=O)OCCc1ccc(O)cc1)C(=O)O. The van der Waals surface area contributed by atoms with Gasteiger partial charge in [-0.3, -0.25) is 4.79 Å².